The van der Waals surface area contributed by atoms with Crippen LogP contribution in [0.15, 0.2) is 24.3 Å². The molecule has 0 spiro atoms. The van der Waals surface area contributed by atoms with Gasteiger partial charge in [0.25, 0.3) is 5.91 Å². The fourth-order valence-electron chi connectivity index (χ4n) is 3.58. The predicted molar refractivity (Wildman–Crippen MR) is 87.2 cm³/mol. The van der Waals surface area contributed by atoms with E-state index in [9.17, 15) is 9.90 Å². The molecule has 3 rings (SSSR count). The maximum atomic E-state index is 12.5. The van der Waals surface area contributed by atoms with Crippen LogP contribution in [0.25, 0.3) is 0 Å². The van der Waals surface area contributed by atoms with E-state index in [1.807, 2.05) is 17.0 Å². The Bertz CT molecular complexity index is 529. The summed E-state index contributed by atoms with van der Waals surface area (Å²) in [6.07, 6.45) is 4.10. The van der Waals surface area contributed by atoms with Crippen LogP contribution in [-0.4, -0.2) is 59.1 Å². The van der Waals surface area contributed by atoms with E-state index in [0.717, 1.165) is 32.4 Å². The normalized spacial score (nSPS) is 26.9. The molecule has 1 N–H and O–H groups in total. The van der Waals surface area contributed by atoms with Crippen molar-refractivity contribution in [2.75, 3.05) is 26.2 Å². The smallest absolute Gasteiger partial charge is 0.253 e. The van der Waals surface area contributed by atoms with Gasteiger partial charge in [0.1, 0.15) is 0 Å². The average molecular weight is 323 g/mol. The average Bonchev–Trinajstić information content (AvgIpc) is 2.55. The molecule has 4 nitrogen and oxygen atoms in total. The zero-order valence-electron chi connectivity index (χ0n) is 12.7. The monoisotopic (exact) mass is 322 g/mol. The third-order valence-electron chi connectivity index (χ3n) is 4.84. The lowest BCUT2D eigenvalue weighted by molar-refractivity contribution is -0.00172. The van der Waals surface area contributed by atoms with Crippen LogP contribution < -0.4 is 0 Å². The van der Waals surface area contributed by atoms with Crippen LogP contribution in [-0.2, 0) is 0 Å². The highest BCUT2D eigenvalue weighted by atomic mass is 35.5. The fraction of sp³-hybridized carbons (Fsp3) is 0.588. The van der Waals surface area contributed by atoms with E-state index >= 15 is 0 Å². The second-order valence-corrected chi connectivity index (χ2v) is 6.69. The van der Waals surface area contributed by atoms with Gasteiger partial charge in [0, 0.05) is 42.8 Å². The van der Waals surface area contributed by atoms with Gasteiger partial charge in [0.15, 0.2) is 0 Å². The molecule has 1 heterocycles. The van der Waals surface area contributed by atoms with E-state index in [-0.39, 0.29) is 18.1 Å². The first-order valence-electron chi connectivity index (χ1n) is 8.12. The van der Waals surface area contributed by atoms with Crippen molar-refractivity contribution >= 4 is 17.5 Å². The molecular formula is C17H23ClN2O2. The Morgan fingerprint density at radius 2 is 1.86 bits per heavy atom. The Balaban J connectivity index is 1.58. The Kier molecular flexibility index (Phi) is 5.01. The number of aliphatic hydroxyl groups excluding tert-OH is 1. The molecule has 2 fully saturated rings. The molecule has 22 heavy (non-hydrogen) atoms. The third kappa shape index (κ3) is 3.45. The molecule has 5 heteroatoms. The molecule has 1 aliphatic heterocycles. The van der Waals surface area contributed by atoms with Crippen LogP contribution >= 0.6 is 11.6 Å². The summed E-state index contributed by atoms with van der Waals surface area (Å²) in [4.78, 5) is 16.7. The van der Waals surface area contributed by atoms with Crippen molar-refractivity contribution in [1.29, 1.82) is 0 Å². The second-order valence-electron chi connectivity index (χ2n) is 6.26. The van der Waals surface area contributed by atoms with Gasteiger partial charge in [-0.25, -0.2) is 0 Å². The fourth-order valence-corrected chi connectivity index (χ4v) is 3.77. The van der Waals surface area contributed by atoms with Gasteiger partial charge in [-0.05, 0) is 31.0 Å². The molecule has 1 aromatic carbocycles. The van der Waals surface area contributed by atoms with Crippen LogP contribution in [0.4, 0.5) is 0 Å². The highest BCUT2D eigenvalue weighted by molar-refractivity contribution is 6.30. The molecule has 1 aliphatic carbocycles. The van der Waals surface area contributed by atoms with E-state index in [4.69, 9.17) is 11.6 Å². The molecular weight excluding hydrogens is 300 g/mol. The van der Waals surface area contributed by atoms with Crippen molar-refractivity contribution in [2.45, 2.75) is 37.8 Å². The molecule has 1 saturated heterocycles. The van der Waals surface area contributed by atoms with Gasteiger partial charge in [-0.3, -0.25) is 9.69 Å². The highest BCUT2D eigenvalue weighted by Crippen LogP contribution is 2.24. The Morgan fingerprint density at radius 3 is 2.55 bits per heavy atom. The Hall–Kier alpha value is -1.10. The first-order chi connectivity index (χ1) is 10.6. The summed E-state index contributed by atoms with van der Waals surface area (Å²) < 4.78 is 0. The summed E-state index contributed by atoms with van der Waals surface area (Å²) in [6, 6.07) is 7.40. The van der Waals surface area contributed by atoms with Crippen LogP contribution in [0, 0.1) is 0 Å². The topological polar surface area (TPSA) is 43.8 Å². The molecule has 2 unspecified atom stereocenters. The molecule has 0 aromatic heterocycles. The van der Waals surface area contributed by atoms with Crippen LogP contribution in [0.1, 0.15) is 36.0 Å². The lowest BCUT2D eigenvalue weighted by atomic mass is 9.91. The first kappa shape index (κ1) is 15.8. The molecule has 1 amide bonds. The van der Waals surface area contributed by atoms with E-state index in [1.165, 1.54) is 6.42 Å². The van der Waals surface area contributed by atoms with Gasteiger partial charge in [-0.2, -0.15) is 0 Å². The maximum absolute atomic E-state index is 12.5. The summed E-state index contributed by atoms with van der Waals surface area (Å²) in [5.41, 5.74) is 0.652. The van der Waals surface area contributed by atoms with Gasteiger partial charge in [0.2, 0.25) is 0 Å². The third-order valence-corrected chi connectivity index (χ3v) is 5.07. The number of benzene rings is 1. The number of carbonyl (C=O) groups is 1. The SMILES string of the molecule is O=C(c1cccc(Cl)c1)N1CCN(C2CCCCC2O)CC1. The number of amides is 1. The minimum atomic E-state index is -0.205. The van der Waals surface area contributed by atoms with Crippen molar-refractivity contribution in [3.63, 3.8) is 0 Å². The zero-order chi connectivity index (χ0) is 15.5. The van der Waals surface area contributed by atoms with Crippen LogP contribution in [0.2, 0.25) is 5.02 Å². The largest absolute Gasteiger partial charge is 0.391 e. The number of aliphatic hydroxyl groups is 1. The second kappa shape index (κ2) is 6.99. The first-order valence-corrected chi connectivity index (χ1v) is 8.50. The van der Waals surface area contributed by atoms with E-state index < -0.39 is 0 Å². The number of hydrogen-bond acceptors (Lipinski definition) is 3. The van der Waals surface area contributed by atoms with Crippen molar-refractivity contribution in [3.8, 4) is 0 Å². The van der Waals surface area contributed by atoms with Gasteiger partial charge in [0.05, 0.1) is 6.10 Å². The van der Waals surface area contributed by atoms with Crippen LogP contribution in [0.3, 0.4) is 0 Å². The number of piperazine rings is 1. The van der Waals surface area contributed by atoms with Crippen molar-refractivity contribution in [2.24, 2.45) is 0 Å². The number of carbonyl (C=O) groups excluding carboxylic acids is 1. The summed E-state index contributed by atoms with van der Waals surface area (Å²) in [6.45, 7) is 3.12. The van der Waals surface area contributed by atoms with Gasteiger partial charge in [-0.1, -0.05) is 30.5 Å². The van der Waals surface area contributed by atoms with Gasteiger partial charge in [-0.15, -0.1) is 0 Å². The molecule has 2 aliphatic rings. The van der Waals surface area contributed by atoms with Crippen molar-refractivity contribution < 1.29 is 9.90 Å². The van der Waals surface area contributed by atoms with E-state index in [2.05, 4.69) is 4.90 Å². The molecule has 0 radical (unpaired) electrons. The number of rotatable bonds is 2. The van der Waals surface area contributed by atoms with Crippen LogP contribution in [0.5, 0.6) is 0 Å². The lowest BCUT2D eigenvalue weighted by Crippen LogP contribution is -2.55. The minimum Gasteiger partial charge on any atom is -0.391 e. The highest BCUT2D eigenvalue weighted by Gasteiger charge is 2.32. The number of halogens is 1. The van der Waals surface area contributed by atoms with Crippen molar-refractivity contribution in [3.05, 3.63) is 34.9 Å². The number of hydrogen-bond donors (Lipinski definition) is 1. The molecule has 1 aromatic rings. The lowest BCUT2D eigenvalue weighted by Gasteiger charge is -2.42. The Labute approximate surface area is 136 Å². The van der Waals surface area contributed by atoms with Gasteiger partial charge < -0.3 is 10.0 Å². The summed E-state index contributed by atoms with van der Waals surface area (Å²) in [5.74, 6) is 0.0475. The molecule has 0 bridgehead atoms. The molecule has 1 saturated carbocycles. The quantitative estimate of drug-likeness (QED) is 0.909. The minimum absolute atomic E-state index is 0.0475. The van der Waals surface area contributed by atoms with E-state index in [0.29, 0.717) is 23.7 Å². The Morgan fingerprint density at radius 1 is 1.14 bits per heavy atom. The maximum Gasteiger partial charge on any atom is 0.253 e. The van der Waals surface area contributed by atoms with E-state index in [1.54, 1.807) is 12.1 Å². The van der Waals surface area contributed by atoms with Crippen molar-refractivity contribution in [1.82, 2.24) is 9.80 Å². The molecule has 120 valence electrons. The summed E-state index contributed by atoms with van der Waals surface area (Å²) >= 11 is 5.96. The summed E-state index contributed by atoms with van der Waals surface area (Å²) in [7, 11) is 0. The number of nitrogens with zero attached hydrogens (tertiary/aromatic N) is 2. The summed E-state index contributed by atoms with van der Waals surface area (Å²) in [5, 5.41) is 10.8. The predicted octanol–water partition coefficient (Wildman–Crippen LogP) is 2.40. The zero-order valence-corrected chi connectivity index (χ0v) is 13.5. The molecule has 2 atom stereocenters. The standard InChI is InChI=1S/C17H23ClN2O2/c18-14-5-3-4-13(12-14)17(22)20-10-8-19(9-11-20)15-6-1-2-7-16(15)21/h3-5,12,15-16,21H,1-2,6-11H2. The van der Waals surface area contributed by atoms with Gasteiger partial charge >= 0.3 is 0 Å².